The lowest BCUT2D eigenvalue weighted by Crippen LogP contribution is -2.16. The molecule has 0 radical (unpaired) electrons. The predicted molar refractivity (Wildman–Crippen MR) is 118 cm³/mol. The first-order valence-corrected chi connectivity index (χ1v) is 11.1. The van der Waals surface area contributed by atoms with E-state index in [0.29, 0.717) is 28.2 Å². The first-order chi connectivity index (χ1) is 15.4. The molecule has 8 nitrogen and oxygen atoms in total. The summed E-state index contributed by atoms with van der Waals surface area (Å²) in [5.74, 6) is 1.47. The number of hydrogen-bond donors (Lipinski definition) is 1. The zero-order valence-electron chi connectivity index (χ0n) is 17.9. The van der Waals surface area contributed by atoms with Crippen molar-refractivity contribution in [3.8, 4) is 17.2 Å². The van der Waals surface area contributed by atoms with Crippen LogP contribution in [0.4, 0.5) is 10.1 Å². The fourth-order valence-electron chi connectivity index (χ4n) is 3.23. The van der Waals surface area contributed by atoms with E-state index >= 15 is 0 Å². The summed E-state index contributed by atoms with van der Waals surface area (Å²) in [6, 6.07) is 11.5. The molecule has 0 saturated carbocycles. The van der Waals surface area contributed by atoms with Gasteiger partial charge in [0.25, 0.3) is 0 Å². The van der Waals surface area contributed by atoms with Crippen LogP contribution in [0.25, 0.3) is 0 Å². The maximum absolute atomic E-state index is 14.0. The number of para-hydroxylation sites is 1. The van der Waals surface area contributed by atoms with Gasteiger partial charge in [-0.25, -0.2) is 4.39 Å². The van der Waals surface area contributed by atoms with E-state index in [-0.39, 0.29) is 30.2 Å². The van der Waals surface area contributed by atoms with Crippen molar-refractivity contribution < 1.29 is 23.4 Å². The molecule has 1 N–H and O–H groups in total. The van der Waals surface area contributed by atoms with Gasteiger partial charge in [-0.15, -0.1) is 10.2 Å². The number of ether oxygens (including phenoxy) is 3. The standard InChI is InChI=1S/C22H23FN4O4S/c1-13(2)27-21(14(3)31-17-7-5-4-6-16(17)23)25-26-22(27)32-11-20(28)24-15-8-9-18-19(10-15)30-12-29-18/h4-10,13-14H,11-12H2,1-3H3,(H,24,28). The Hall–Kier alpha value is -3.27. The van der Waals surface area contributed by atoms with Crippen molar-refractivity contribution >= 4 is 23.4 Å². The van der Waals surface area contributed by atoms with Crippen LogP contribution in [0.2, 0.25) is 0 Å². The molecule has 1 aliphatic rings. The minimum Gasteiger partial charge on any atom is -0.480 e. The van der Waals surface area contributed by atoms with Gasteiger partial charge in [0.1, 0.15) is 0 Å². The van der Waals surface area contributed by atoms with E-state index in [9.17, 15) is 9.18 Å². The van der Waals surface area contributed by atoms with Gasteiger partial charge in [-0.05, 0) is 45.0 Å². The summed E-state index contributed by atoms with van der Waals surface area (Å²) < 4.78 is 32.2. The third-order valence-corrected chi connectivity index (χ3v) is 5.64. The maximum Gasteiger partial charge on any atom is 0.234 e. The van der Waals surface area contributed by atoms with Crippen LogP contribution in [-0.2, 0) is 4.79 Å². The number of amides is 1. The fourth-order valence-corrected chi connectivity index (χ4v) is 4.11. The zero-order chi connectivity index (χ0) is 22.7. The summed E-state index contributed by atoms with van der Waals surface area (Å²) in [6.45, 7) is 5.93. The highest BCUT2D eigenvalue weighted by atomic mass is 32.2. The second kappa shape index (κ2) is 9.47. The van der Waals surface area contributed by atoms with E-state index in [4.69, 9.17) is 14.2 Å². The molecule has 0 aliphatic carbocycles. The summed E-state index contributed by atoms with van der Waals surface area (Å²) in [4.78, 5) is 12.5. The third kappa shape index (κ3) is 4.80. The topological polar surface area (TPSA) is 87.5 Å². The minimum absolute atomic E-state index is 0.0195. The molecule has 0 bridgehead atoms. The monoisotopic (exact) mass is 458 g/mol. The number of benzene rings is 2. The first-order valence-electron chi connectivity index (χ1n) is 10.1. The molecule has 10 heteroatoms. The Labute approximate surface area is 189 Å². The Kier molecular flexibility index (Phi) is 6.50. The van der Waals surface area contributed by atoms with Crippen LogP contribution in [0.1, 0.15) is 38.7 Å². The van der Waals surface area contributed by atoms with Gasteiger partial charge < -0.3 is 24.1 Å². The van der Waals surface area contributed by atoms with Crippen molar-refractivity contribution in [1.82, 2.24) is 14.8 Å². The highest BCUT2D eigenvalue weighted by Crippen LogP contribution is 2.34. The number of carbonyl (C=O) groups is 1. The molecule has 32 heavy (non-hydrogen) atoms. The number of thioether (sulfide) groups is 1. The molecule has 0 fully saturated rings. The number of rotatable bonds is 8. The van der Waals surface area contributed by atoms with Crippen molar-refractivity contribution in [3.63, 3.8) is 0 Å². The van der Waals surface area contributed by atoms with Crippen LogP contribution >= 0.6 is 11.8 Å². The molecule has 1 amide bonds. The van der Waals surface area contributed by atoms with Gasteiger partial charge in [0.05, 0.1) is 5.75 Å². The summed E-state index contributed by atoms with van der Waals surface area (Å²) in [7, 11) is 0. The number of anilines is 1. The molecule has 4 rings (SSSR count). The Bertz CT molecular complexity index is 1120. The number of aromatic nitrogens is 3. The number of nitrogens with zero attached hydrogens (tertiary/aromatic N) is 3. The average Bonchev–Trinajstić information content (AvgIpc) is 3.40. The van der Waals surface area contributed by atoms with Crippen LogP contribution in [0.15, 0.2) is 47.6 Å². The van der Waals surface area contributed by atoms with Crippen LogP contribution in [-0.4, -0.2) is 33.2 Å². The third-order valence-electron chi connectivity index (χ3n) is 4.70. The van der Waals surface area contributed by atoms with Gasteiger partial charge in [-0.2, -0.15) is 0 Å². The summed E-state index contributed by atoms with van der Waals surface area (Å²) in [5, 5.41) is 11.9. The Balaban J connectivity index is 1.42. The van der Waals surface area contributed by atoms with E-state index in [1.807, 2.05) is 18.4 Å². The molecular formula is C22H23FN4O4S. The van der Waals surface area contributed by atoms with E-state index in [2.05, 4.69) is 15.5 Å². The molecule has 1 aromatic heterocycles. The predicted octanol–water partition coefficient (Wildman–Crippen LogP) is 4.60. The quantitative estimate of drug-likeness (QED) is 0.494. The van der Waals surface area contributed by atoms with Crippen LogP contribution in [0.3, 0.4) is 0 Å². The lowest BCUT2D eigenvalue weighted by molar-refractivity contribution is -0.113. The number of carbonyl (C=O) groups excluding carboxylic acids is 1. The molecule has 168 valence electrons. The molecule has 0 spiro atoms. The van der Waals surface area contributed by atoms with Crippen molar-refractivity contribution in [2.75, 3.05) is 17.9 Å². The molecule has 0 saturated heterocycles. The largest absolute Gasteiger partial charge is 0.480 e. The van der Waals surface area contributed by atoms with E-state index in [1.165, 1.54) is 17.8 Å². The van der Waals surface area contributed by atoms with Gasteiger partial charge in [-0.3, -0.25) is 4.79 Å². The molecule has 3 aromatic rings. The van der Waals surface area contributed by atoms with Crippen molar-refractivity contribution in [2.24, 2.45) is 0 Å². The summed E-state index contributed by atoms with van der Waals surface area (Å²) >= 11 is 1.27. The van der Waals surface area contributed by atoms with E-state index in [0.717, 1.165) is 0 Å². The lowest BCUT2D eigenvalue weighted by Gasteiger charge is -2.19. The minimum atomic E-state index is -0.529. The van der Waals surface area contributed by atoms with Crippen LogP contribution in [0.5, 0.6) is 17.2 Å². The maximum atomic E-state index is 14.0. The number of fused-ring (bicyclic) bond motifs is 1. The molecule has 1 atom stereocenters. The number of nitrogens with one attached hydrogen (secondary N) is 1. The molecule has 1 aliphatic heterocycles. The number of halogens is 1. The SMILES string of the molecule is CC(Oc1ccccc1F)c1nnc(SCC(=O)Nc2ccc3c(c2)OCO3)n1C(C)C. The van der Waals surface area contributed by atoms with Gasteiger partial charge >= 0.3 is 0 Å². The second-order valence-electron chi connectivity index (χ2n) is 7.40. The Morgan fingerprint density at radius 2 is 1.97 bits per heavy atom. The van der Waals surface area contributed by atoms with E-state index in [1.54, 1.807) is 43.3 Å². The molecular weight excluding hydrogens is 435 g/mol. The van der Waals surface area contributed by atoms with Gasteiger partial charge in [-0.1, -0.05) is 23.9 Å². The Morgan fingerprint density at radius 1 is 1.19 bits per heavy atom. The smallest absolute Gasteiger partial charge is 0.234 e. The van der Waals surface area contributed by atoms with Gasteiger partial charge in [0, 0.05) is 17.8 Å². The average molecular weight is 459 g/mol. The van der Waals surface area contributed by atoms with Gasteiger partial charge in [0.2, 0.25) is 12.7 Å². The lowest BCUT2D eigenvalue weighted by atomic mass is 10.3. The van der Waals surface area contributed by atoms with Gasteiger partial charge in [0.15, 0.2) is 40.2 Å². The first kappa shape index (κ1) is 21.9. The number of hydrogen-bond acceptors (Lipinski definition) is 7. The summed E-state index contributed by atoms with van der Waals surface area (Å²) in [5.41, 5.74) is 0.623. The molecule has 2 heterocycles. The molecule has 2 aromatic carbocycles. The Morgan fingerprint density at radius 3 is 2.75 bits per heavy atom. The highest BCUT2D eigenvalue weighted by Gasteiger charge is 2.23. The van der Waals surface area contributed by atoms with Crippen molar-refractivity contribution in [2.45, 2.75) is 38.1 Å². The van der Waals surface area contributed by atoms with Crippen LogP contribution in [0, 0.1) is 5.82 Å². The van der Waals surface area contributed by atoms with Crippen LogP contribution < -0.4 is 19.5 Å². The second-order valence-corrected chi connectivity index (χ2v) is 8.34. The highest BCUT2D eigenvalue weighted by molar-refractivity contribution is 7.99. The van der Waals surface area contributed by atoms with Crippen molar-refractivity contribution in [1.29, 1.82) is 0 Å². The summed E-state index contributed by atoms with van der Waals surface area (Å²) in [6.07, 6.45) is -0.529. The zero-order valence-corrected chi connectivity index (χ0v) is 18.7. The molecule has 1 unspecified atom stereocenters. The fraction of sp³-hybridized carbons (Fsp3) is 0.318. The normalized spacial score (nSPS) is 13.3. The van der Waals surface area contributed by atoms with Crippen molar-refractivity contribution in [3.05, 3.63) is 54.1 Å². The van der Waals surface area contributed by atoms with E-state index < -0.39 is 11.9 Å².